The van der Waals surface area contributed by atoms with Gasteiger partial charge < -0.3 is 19.5 Å². The van der Waals surface area contributed by atoms with E-state index in [-0.39, 0.29) is 12.0 Å². The van der Waals surface area contributed by atoms with E-state index in [0.29, 0.717) is 13.1 Å². The fourth-order valence-electron chi connectivity index (χ4n) is 2.68. The summed E-state index contributed by atoms with van der Waals surface area (Å²) >= 11 is 0. The van der Waals surface area contributed by atoms with Crippen molar-refractivity contribution >= 4 is 6.09 Å². The molecule has 0 bridgehead atoms. The first-order chi connectivity index (χ1) is 8.63. The summed E-state index contributed by atoms with van der Waals surface area (Å²) in [5.74, 6) is 0.256. The Kier molecular flexibility index (Phi) is 3.87. The molecule has 2 unspecified atom stereocenters. The predicted octanol–water partition coefficient (Wildman–Crippen LogP) is 1.14. The molecule has 4 heteroatoms. The van der Waals surface area contributed by atoms with Crippen LogP contribution in [0.25, 0.3) is 0 Å². The molecule has 0 N–H and O–H groups in total. The van der Waals surface area contributed by atoms with Crippen LogP contribution in [-0.4, -0.2) is 37.3 Å². The SMILES string of the molecule is COC1CN(C(=O)[O-])CCC1c1ccccc1C. The van der Waals surface area contributed by atoms with Crippen LogP contribution >= 0.6 is 0 Å². The molecular formula is C14H18NO3-. The number of piperidine rings is 1. The van der Waals surface area contributed by atoms with E-state index in [1.807, 2.05) is 12.1 Å². The predicted molar refractivity (Wildman–Crippen MR) is 66.3 cm³/mol. The first-order valence-electron chi connectivity index (χ1n) is 6.17. The molecule has 0 spiro atoms. The quantitative estimate of drug-likeness (QED) is 0.788. The van der Waals surface area contributed by atoms with Gasteiger partial charge in [-0.1, -0.05) is 24.3 Å². The second kappa shape index (κ2) is 5.40. The van der Waals surface area contributed by atoms with E-state index < -0.39 is 6.09 Å². The molecule has 4 nitrogen and oxygen atoms in total. The van der Waals surface area contributed by atoms with Crippen molar-refractivity contribution in [3.63, 3.8) is 0 Å². The molecule has 0 aliphatic carbocycles. The zero-order valence-electron chi connectivity index (χ0n) is 10.8. The number of amides is 1. The molecule has 2 rings (SSSR count). The molecule has 98 valence electrons. The number of carbonyl (C=O) groups excluding carboxylic acids is 1. The van der Waals surface area contributed by atoms with Crippen LogP contribution in [0.4, 0.5) is 4.79 Å². The van der Waals surface area contributed by atoms with Crippen LogP contribution in [-0.2, 0) is 4.74 Å². The van der Waals surface area contributed by atoms with Crippen LogP contribution < -0.4 is 5.11 Å². The number of hydrogen-bond donors (Lipinski definition) is 0. The summed E-state index contributed by atoms with van der Waals surface area (Å²) in [4.78, 5) is 12.2. The third kappa shape index (κ3) is 2.48. The monoisotopic (exact) mass is 248 g/mol. The second-order valence-electron chi connectivity index (χ2n) is 4.74. The van der Waals surface area contributed by atoms with Gasteiger partial charge in [0.25, 0.3) is 0 Å². The summed E-state index contributed by atoms with van der Waals surface area (Å²) < 4.78 is 5.46. The summed E-state index contributed by atoms with van der Waals surface area (Å²) in [6.45, 7) is 2.98. The molecule has 1 aromatic carbocycles. The van der Waals surface area contributed by atoms with Crippen LogP contribution in [0.2, 0.25) is 0 Å². The molecule has 18 heavy (non-hydrogen) atoms. The van der Waals surface area contributed by atoms with E-state index in [9.17, 15) is 9.90 Å². The summed E-state index contributed by atoms with van der Waals surface area (Å²) in [6, 6.07) is 8.20. The minimum atomic E-state index is -1.11. The van der Waals surface area contributed by atoms with E-state index >= 15 is 0 Å². The highest BCUT2D eigenvalue weighted by atomic mass is 16.5. The van der Waals surface area contributed by atoms with Crippen molar-refractivity contribution in [1.82, 2.24) is 4.90 Å². The van der Waals surface area contributed by atoms with Crippen molar-refractivity contribution in [2.24, 2.45) is 0 Å². The number of hydrogen-bond acceptors (Lipinski definition) is 3. The maximum absolute atomic E-state index is 10.9. The van der Waals surface area contributed by atoms with Crippen LogP contribution in [0.5, 0.6) is 0 Å². The van der Waals surface area contributed by atoms with Crippen LogP contribution in [0.1, 0.15) is 23.5 Å². The molecule has 1 aliphatic rings. The minimum Gasteiger partial charge on any atom is -0.530 e. The molecule has 1 aromatic rings. The number of carboxylic acid groups (broad SMARTS) is 1. The lowest BCUT2D eigenvalue weighted by Gasteiger charge is -2.39. The average Bonchev–Trinajstić information content (AvgIpc) is 2.38. The molecular weight excluding hydrogens is 230 g/mol. The molecule has 0 radical (unpaired) electrons. The number of carbonyl (C=O) groups is 1. The zero-order valence-corrected chi connectivity index (χ0v) is 10.8. The van der Waals surface area contributed by atoms with Gasteiger partial charge >= 0.3 is 0 Å². The van der Waals surface area contributed by atoms with E-state index in [4.69, 9.17) is 4.74 Å². The van der Waals surface area contributed by atoms with Crippen molar-refractivity contribution in [2.45, 2.75) is 25.4 Å². The van der Waals surface area contributed by atoms with Crippen molar-refractivity contribution in [2.75, 3.05) is 20.2 Å². The maximum Gasteiger partial charge on any atom is 0.137 e. The smallest absolute Gasteiger partial charge is 0.137 e. The normalized spacial score (nSPS) is 24.0. The number of benzene rings is 1. The summed E-state index contributed by atoms with van der Waals surface area (Å²) in [5.41, 5.74) is 2.48. The van der Waals surface area contributed by atoms with Gasteiger partial charge in [0.05, 0.1) is 6.10 Å². The molecule has 0 aromatic heterocycles. The fraction of sp³-hybridized carbons (Fsp3) is 0.500. The van der Waals surface area contributed by atoms with Gasteiger partial charge in [0.1, 0.15) is 6.09 Å². The molecule has 1 fully saturated rings. The molecule has 2 atom stereocenters. The van der Waals surface area contributed by atoms with Crippen molar-refractivity contribution < 1.29 is 14.6 Å². The number of rotatable bonds is 2. The number of aryl methyl sites for hydroxylation is 1. The maximum atomic E-state index is 10.9. The number of likely N-dealkylation sites (tertiary alicyclic amines) is 1. The second-order valence-corrected chi connectivity index (χ2v) is 4.74. The van der Waals surface area contributed by atoms with Crippen LogP contribution in [0, 0.1) is 6.92 Å². The Hall–Kier alpha value is -1.55. The number of nitrogens with zero attached hydrogens (tertiary/aromatic N) is 1. The van der Waals surface area contributed by atoms with Crippen LogP contribution in [0.15, 0.2) is 24.3 Å². The molecule has 1 amide bonds. The minimum absolute atomic E-state index is 0.0993. The summed E-state index contributed by atoms with van der Waals surface area (Å²) in [6.07, 6.45) is -0.435. The number of ether oxygens (including phenoxy) is 1. The highest BCUT2D eigenvalue weighted by molar-refractivity contribution is 5.62. The Bertz CT molecular complexity index is 433. The van der Waals surface area contributed by atoms with Gasteiger partial charge in [-0.3, -0.25) is 0 Å². The summed E-state index contributed by atoms with van der Waals surface area (Å²) in [5, 5.41) is 10.9. The van der Waals surface area contributed by atoms with Crippen molar-refractivity contribution in [3.8, 4) is 0 Å². The topological polar surface area (TPSA) is 52.6 Å². The van der Waals surface area contributed by atoms with Gasteiger partial charge in [0, 0.05) is 26.1 Å². The largest absolute Gasteiger partial charge is 0.530 e. The third-order valence-corrected chi connectivity index (χ3v) is 3.71. The van der Waals surface area contributed by atoms with Crippen molar-refractivity contribution in [3.05, 3.63) is 35.4 Å². The molecule has 1 heterocycles. The Morgan fingerprint density at radius 1 is 1.44 bits per heavy atom. The lowest BCUT2D eigenvalue weighted by atomic mass is 9.85. The summed E-state index contributed by atoms with van der Waals surface area (Å²) in [7, 11) is 1.63. The highest BCUT2D eigenvalue weighted by Crippen LogP contribution is 2.31. The van der Waals surface area contributed by atoms with E-state index in [2.05, 4.69) is 19.1 Å². The third-order valence-electron chi connectivity index (χ3n) is 3.71. The van der Waals surface area contributed by atoms with E-state index in [1.165, 1.54) is 16.0 Å². The fourth-order valence-corrected chi connectivity index (χ4v) is 2.68. The van der Waals surface area contributed by atoms with Gasteiger partial charge in [0.2, 0.25) is 0 Å². The molecule has 1 saturated heterocycles. The lowest BCUT2D eigenvalue weighted by molar-refractivity contribution is -0.268. The lowest BCUT2D eigenvalue weighted by Crippen LogP contribution is -2.51. The Morgan fingerprint density at radius 2 is 2.17 bits per heavy atom. The van der Waals surface area contributed by atoms with Gasteiger partial charge in [-0.25, -0.2) is 0 Å². The van der Waals surface area contributed by atoms with Gasteiger partial charge in [-0.2, -0.15) is 0 Å². The zero-order chi connectivity index (χ0) is 13.1. The first kappa shape index (κ1) is 12.9. The molecule has 0 saturated carbocycles. The van der Waals surface area contributed by atoms with E-state index in [1.54, 1.807) is 7.11 Å². The Labute approximate surface area is 107 Å². The van der Waals surface area contributed by atoms with E-state index in [0.717, 1.165) is 6.42 Å². The standard InChI is InChI=1S/C14H19NO3/c1-10-5-3-4-6-11(10)12-7-8-15(14(16)17)9-13(12)18-2/h3-6,12-13H,7-9H2,1-2H3,(H,16,17)/p-1. The average molecular weight is 248 g/mol. The van der Waals surface area contributed by atoms with Crippen LogP contribution in [0.3, 0.4) is 0 Å². The highest BCUT2D eigenvalue weighted by Gasteiger charge is 2.31. The Morgan fingerprint density at radius 3 is 2.78 bits per heavy atom. The van der Waals surface area contributed by atoms with Gasteiger partial charge in [-0.15, -0.1) is 0 Å². The first-order valence-corrected chi connectivity index (χ1v) is 6.17. The molecule has 1 aliphatic heterocycles. The van der Waals surface area contributed by atoms with Crippen molar-refractivity contribution in [1.29, 1.82) is 0 Å². The van der Waals surface area contributed by atoms with Gasteiger partial charge in [0.15, 0.2) is 0 Å². The Balaban J connectivity index is 2.19. The van der Waals surface area contributed by atoms with Gasteiger partial charge in [-0.05, 0) is 24.5 Å². The number of methoxy groups -OCH3 is 1.